The molecule has 0 bridgehead atoms. The first-order chi connectivity index (χ1) is 23.8. The van der Waals surface area contributed by atoms with Gasteiger partial charge in [0.15, 0.2) is 0 Å². The number of ether oxygens (including phenoxy) is 2. The van der Waals surface area contributed by atoms with Crippen molar-refractivity contribution < 1.29 is 39.5 Å². The van der Waals surface area contributed by atoms with E-state index in [0.29, 0.717) is 12.8 Å². The van der Waals surface area contributed by atoms with Crippen LogP contribution >= 0.6 is 0 Å². The fourth-order valence-electron chi connectivity index (χ4n) is 5.32. The topological polar surface area (TPSA) is 134 Å². The van der Waals surface area contributed by atoms with Crippen LogP contribution in [0.5, 0.6) is 0 Å². The maximum Gasteiger partial charge on any atom is 0.306 e. The molecular weight excluding hydrogens is 620 g/mol. The SMILES string of the molecule is CCCCCC[C@@H](O)C/C=C\CCCCCCCC(=O)OCC(C)OC(=O)CCCCCCC/C=C\C[C@H](O)CCCCCC.OCCO. The van der Waals surface area contributed by atoms with Crippen LogP contribution in [0.1, 0.15) is 188 Å². The van der Waals surface area contributed by atoms with Crippen molar-refractivity contribution in [1.82, 2.24) is 0 Å². The highest BCUT2D eigenvalue weighted by molar-refractivity contribution is 5.70. The van der Waals surface area contributed by atoms with E-state index < -0.39 is 6.10 Å². The molecule has 4 N–H and O–H groups in total. The standard InChI is InChI=1S/C39H72O6.C2H6O2/c1-4-6-8-22-28-36(40)30-24-18-14-10-12-16-20-26-32-38(42)44-34-35(3)45-39(43)33-27-21-17-13-11-15-19-25-31-37(41)29-23-9-7-5-2;3-1-2-4/h18-19,24-25,35-37,40-41H,4-17,20-23,26-34H2,1-3H3;3-4H,1-2H2/b24-18-,25-19-;/t35?,36-,37-;/m1./s1. The molecule has 0 saturated heterocycles. The number of carbonyl (C=O) groups excluding carboxylic acids is 2. The van der Waals surface area contributed by atoms with Crippen molar-refractivity contribution in [2.24, 2.45) is 0 Å². The molecule has 8 nitrogen and oxygen atoms in total. The van der Waals surface area contributed by atoms with Gasteiger partial charge in [-0.3, -0.25) is 9.59 Å². The third kappa shape index (κ3) is 42.3. The Morgan fingerprint density at radius 3 is 1.41 bits per heavy atom. The lowest BCUT2D eigenvalue weighted by Crippen LogP contribution is -2.22. The number of carbonyl (C=O) groups is 2. The summed E-state index contributed by atoms with van der Waals surface area (Å²) in [4.78, 5) is 24.1. The Morgan fingerprint density at radius 2 is 0.959 bits per heavy atom. The summed E-state index contributed by atoms with van der Waals surface area (Å²) in [5, 5.41) is 35.2. The molecule has 0 aromatic rings. The molecule has 0 radical (unpaired) electrons. The van der Waals surface area contributed by atoms with Gasteiger partial charge in [0.25, 0.3) is 0 Å². The highest BCUT2D eigenvalue weighted by Crippen LogP contribution is 2.13. The molecule has 49 heavy (non-hydrogen) atoms. The van der Waals surface area contributed by atoms with Crippen LogP contribution in [0.3, 0.4) is 0 Å². The van der Waals surface area contributed by atoms with Gasteiger partial charge in [0.2, 0.25) is 0 Å². The first-order valence-corrected chi connectivity index (χ1v) is 20.0. The van der Waals surface area contributed by atoms with E-state index in [0.717, 1.165) is 116 Å². The number of aliphatic hydroxyl groups excluding tert-OH is 4. The number of allylic oxidation sites excluding steroid dienone is 2. The summed E-state index contributed by atoms with van der Waals surface area (Å²) in [6.45, 7) is 6.05. The number of hydrogen-bond donors (Lipinski definition) is 4. The molecule has 0 aliphatic heterocycles. The molecule has 8 heteroatoms. The third-order valence-corrected chi connectivity index (χ3v) is 8.35. The molecule has 1 unspecified atom stereocenters. The van der Waals surface area contributed by atoms with Crippen molar-refractivity contribution in [3.05, 3.63) is 24.3 Å². The Kier molecular flexibility index (Phi) is 41.0. The first kappa shape index (κ1) is 49.4. The highest BCUT2D eigenvalue weighted by Gasteiger charge is 2.12. The van der Waals surface area contributed by atoms with Crippen molar-refractivity contribution in [3.63, 3.8) is 0 Å². The van der Waals surface area contributed by atoms with Crippen molar-refractivity contribution in [2.45, 2.75) is 206 Å². The van der Waals surface area contributed by atoms with E-state index in [1.165, 1.54) is 38.5 Å². The maximum absolute atomic E-state index is 12.1. The molecule has 0 aromatic carbocycles. The van der Waals surface area contributed by atoms with Crippen LogP contribution in [0.25, 0.3) is 0 Å². The van der Waals surface area contributed by atoms with Crippen molar-refractivity contribution in [3.8, 4) is 0 Å². The molecule has 0 fully saturated rings. The Labute approximate surface area is 301 Å². The third-order valence-electron chi connectivity index (χ3n) is 8.35. The van der Waals surface area contributed by atoms with Crippen LogP contribution in [0, 0.1) is 0 Å². The number of aliphatic hydroxyl groups is 4. The van der Waals surface area contributed by atoms with E-state index in [4.69, 9.17) is 19.7 Å². The summed E-state index contributed by atoms with van der Waals surface area (Å²) < 4.78 is 10.7. The van der Waals surface area contributed by atoms with E-state index in [-0.39, 0.29) is 44.0 Å². The summed E-state index contributed by atoms with van der Waals surface area (Å²) in [5.74, 6) is -0.439. The van der Waals surface area contributed by atoms with Crippen molar-refractivity contribution in [2.75, 3.05) is 19.8 Å². The van der Waals surface area contributed by atoms with Crippen LogP contribution in [0.4, 0.5) is 0 Å². The van der Waals surface area contributed by atoms with Crippen LogP contribution in [-0.2, 0) is 19.1 Å². The van der Waals surface area contributed by atoms with E-state index in [2.05, 4.69) is 38.2 Å². The predicted octanol–water partition coefficient (Wildman–Crippen LogP) is 9.45. The maximum atomic E-state index is 12.1. The Bertz CT molecular complexity index is 752. The van der Waals surface area contributed by atoms with E-state index in [1.807, 2.05) is 0 Å². The van der Waals surface area contributed by atoms with E-state index in [9.17, 15) is 19.8 Å². The monoisotopic (exact) mass is 699 g/mol. The first-order valence-electron chi connectivity index (χ1n) is 20.0. The van der Waals surface area contributed by atoms with Crippen molar-refractivity contribution >= 4 is 11.9 Å². The summed E-state index contributed by atoms with van der Waals surface area (Å²) in [7, 11) is 0. The minimum absolute atomic E-state index is 0.119. The zero-order chi connectivity index (χ0) is 36.6. The number of rotatable bonds is 34. The van der Waals surface area contributed by atoms with Crippen LogP contribution in [-0.4, -0.2) is 70.5 Å². The normalized spacial score (nSPS) is 13.3. The van der Waals surface area contributed by atoms with Crippen LogP contribution in [0.2, 0.25) is 0 Å². The largest absolute Gasteiger partial charge is 0.462 e. The molecule has 290 valence electrons. The van der Waals surface area contributed by atoms with Gasteiger partial charge in [-0.2, -0.15) is 0 Å². The average Bonchev–Trinajstić information content (AvgIpc) is 3.09. The quantitative estimate of drug-likeness (QED) is 0.0297. The fourth-order valence-corrected chi connectivity index (χ4v) is 5.32. The second-order valence-corrected chi connectivity index (χ2v) is 13.5. The lowest BCUT2D eigenvalue weighted by atomic mass is 10.1. The van der Waals surface area contributed by atoms with Gasteiger partial charge in [0.1, 0.15) is 12.7 Å². The molecule has 0 aromatic heterocycles. The van der Waals surface area contributed by atoms with Gasteiger partial charge >= 0.3 is 11.9 Å². The number of esters is 2. The van der Waals surface area contributed by atoms with E-state index >= 15 is 0 Å². The fraction of sp³-hybridized carbons (Fsp3) is 0.854. The minimum atomic E-state index is -0.418. The van der Waals surface area contributed by atoms with Gasteiger partial charge in [-0.25, -0.2) is 0 Å². The molecule has 0 spiro atoms. The molecule has 0 amide bonds. The lowest BCUT2D eigenvalue weighted by molar-refractivity contribution is -0.158. The summed E-state index contributed by atoms with van der Waals surface area (Å²) >= 11 is 0. The number of unbranched alkanes of at least 4 members (excludes halogenated alkanes) is 16. The average molecular weight is 699 g/mol. The van der Waals surface area contributed by atoms with Gasteiger partial charge < -0.3 is 29.9 Å². The molecule has 0 saturated carbocycles. The highest BCUT2D eigenvalue weighted by atomic mass is 16.6. The number of hydrogen-bond acceptors (Lipinski definition) is 8. The Morgan fingerprint density at radius 1 is 0.551 bits per heavy atom. The zero-order valence-electron chi connectivity index (χ0n) is 32.0. The van der Waals surface area contributed by atoms with Crippen LogP contribution < -0.4 is 0 Å². The Hall–Kier alpha value is -1.74. The smallest absolute Gasteiger partial charge is 0.306 e. The minimum Gasteiger partial charge on any atom is -0.462 e. The van der Waals surface area contributed by atoms with Gasteiger partial charge in [-0.15, -0.1) is 0 Å². The Balaban J connectivity index is 0. The van der Waals surface area contributed by atoms with Gasteiger partial charge in [-0.1, -0.05) is 128 Å². The predicted molar refractivity (Wildman–Crippen MR) is 202 cm³/mol. The van der Waals surface area contributed by atoms with Gasteiger partial charge in [0, 0.05) is 12.8 Å². The van der Waals surface area contributed by atoms with Gasteiger partial charge in [0.05, 0.1) is 25.4 Å². The summed E-state index contributed by atoms with van der Waals surface area (Å²) in [5.41, 5.74) is 0. The second-order valence-electron chi connectivity index (χ2n) is 13.5. The molecule has 0 aliphatic rings. The second kappa shape index (κ2) is 40.7. The van der Waals surface area contributed by atoms with Crippen molar-refractivity contribution in [1.29, 1.82) is 0 Å². The van der Waals surface area contributed by atoms with Crippen LogP contribution in [0.15, 0.2) is 24.3 Å². The zero-order valence-corrected chi connectivity index (χ0v) is 32.0. The lowest BCUT2D eigenvalue weighted by Gasteiger charge is -2.13. The summed E-state index contributed by atoms with van der Waals surface area (Å²) in [6, 6.07) is 0. The molecule has 0 heterocycles. The summed E-state index contributed by atoms with van der Waals surface area (Å²) in [6.07, 6.45) is 34.2. The molecule has 0 aliphatic carbocycles. The molecule has 0 rings (SSSR count). The van der Waals surface area contributed by atoms with Gasteiger partial charge in [-0.05, 0) is 71.1 Å². The molecule has 3 atom stereocenters. The molecular formula is C41H78O8. The van der Waals surface area contributed by atoms with E-state index in [1.54, 1.807) is 6.92 Å².